The van der Waals surface area contributed by atoms with Crippen molar-refractivity contribution in [3.8, 4) is 0 Å². The van der Waals surface area contributed by atoms with E-state index >= 15 is 0 Å². The average molecular weight is 342 g/mol. The van der Waals surface area contributed by atoms with E-state index in [-0.39, 0.29) is 12.6 Å². The third-order valence-electron chi connectivity index (χ3n) is 2.25. The van der Waals surface area contributed by atoms with Crippen molar-refractivity contribution in [1.29, 1.82) is 0 Å². The summed E-state index contributed by atoms with van der Waals surface area (Å²) >= 11 is 4.51. The van der Waals surface area contributed by atoms with Crippen LogP contribution >= 0.6 is 27.3 Å². The SMILES string of the molecule is Cc1cc(S(=O)(=O)NC(C)CCCO)sc1Br. The van der Waals surface area contributed by atoms with E-state index in [1.165, 1.54) is 11.3 Å². The van der Waals surface area contributed by atoms with Crippen molar-refractivity contribution in [2.75, 3.05) is 6.61 Å². The molecule has 1 rings (SSSR count). The fraction of sp³-hybridized carbons (Fsp3) is 0.600. The van der Waals surface area contributed by atoms with Crippen LogP contribution in [0, 0.1) is 6.92 Å². The van der Waals surface area contributed by atoms with Crippen LogP contribution in [-0.4, -0.2) is 26.2 Å². The summed E-state index contributed by atoms with van der Waals surface area (Å²) in [4.78, 5) is 0. The van der Waals surface area contributed by atoms with Crippen molar-refractivity contribution in [2.45, 2.75) is 36.9 Å². The first-order chi connectivity index (χ1) is 7.86. The number of aryl methyl sites for hydroxylation is 1. The first-order valence-electron chi connectivity index (χ1n) is 5.26. The molecule has 0 saturated heterocycles. The summed E-state index contributed by atoms with van der Waals surface area (Å²) < 4.78 is 27.7. The lowest BCUT2D eigenvalue weighted by Gasteiger charge is -2.12. The standard InChI is InChI=1S/C10H16BrNO3S2/c1-7-6-9(16-10(7)11)17(14,15)12-8(2)4-3-5-13/h6,8,12-13H,3-5H2,1-2H3. The molecule has 0 spiro atoms. The lowest BCUT2D eigenvalue weighted by molar-refractivity contribution is 0.279. The van der Waals surface area contributed by atoms with E-state index in [0.29, 0.717) is 17.1 Å². The molecular weight excluding hydrogens is 326 g/mol. The predicted molar refractivity (Wildman–Crippen MR) is 72.9 cm³/mol. The van der Waals surface area contributed by atoms with Crippen LogP contribution in [0.15, 0.2) is 14.1 Å². The van der Waals surface area contributed by atoms with Gasteiger partial charge in [-0.3, -0.25) is 0 Å². The number of hydrogen-bond acceptors (Lipinski definition) is 4. The largest absolute Gasteiger partial charge is 0.396 e. The molecule has 0 aliphatic carbocycles. The van der Waals surface area contributed by atoms with Gasteiger partial charge in [0.15, 0.2) is 0 Å². The maximum atomic E-state index is 12.0. The zero-order chi connectivity index (χ0) is 13.1. The van der Waals surface area contributed by atoms with E-state index in [0.717, 1.165) is 9.35 Å². The van der Waals surface area contributed by atoms with Gasteiger partial charge in [-0.1, -0.05) is 0 Å². The van der Waals surface area contributed by atoms with Crippen molar-refractivity contribution >= 4 is 37.3 Å². The second kappa shape index (κ2) is 6.29. The first kappa shape index (κ1) is 15.1. The van der Waals surface area contributed by atoms with Gasteiger partial charge in [0, 0.05) is 12.6 Å². The highest BCUT2D eigenvalue weighted by Crippen LogP contribution is 2.30. The summed E-state index contributed by atoms with van der Waals surface area (Å²) in [7, 11) is -3.43. The summed E-state index contributed by atoms with van der Waals surface area (Å²) in [6.07, 6.45) is 1.22. The molecule has 0 aliphatic rings. The summed E-state index contributed by atoms with van der Waals surface area (Å²) in [5.74, 6) is 0. The maximum absolute atomic E-state index is 12.0. The number of rotatable bonds is 6. The number of halogens is 1. The Morgan fingerprint density at radius 3 is 2.71 bits per heavy atom. The van der Waals surface area contributed by atoms with Crippen LogP contribution in [0.1, 0.15) is 25.3 Å². The zero-order valence-electron chi connectivity index (χ0n) is 9.73. The van der Waals surface area contributed by atoms with Crippen molar-refractivity contribution in [1.82, 2.24) is 4.72 Å². The van der Waals surface area contributed by atoms with Gasteiger partial charge in [-0.2, -0.15) is 0 Å². The van der Waals surface area contributed by atoms with Crippen LogP contribution in [0.5, 0.6) is 0 Å². The van der Waals surface area contributed by atoms with Gasteiger partial charge in [0.1, 0.15) is 4.21 Å². The van der Waals surface area contributed by atoms with E-state index in [1.54, 1.807) is 13.0 Å². The van der Waals surface area contributed by atoms with Crippen molar-refractivity contribution in [3.63, 3.8) is 0 Å². The third kappa shape index (κ3) is 4.33. The first-order valence-corrected chi connectivity index (χ1v) is 8.35. The van der Waals surface area contributed by atoms with Crippen LogP contribution < -0.4 is 4.72 Å². The molecule has 2 N–H and O–H groups in total. The normalized spacial score (nSPS) is 13.9. The Morgan fingerprint density at radius 2 is 2.24 bits per heavy atom. The summed E-state index contributed by atoms with van der Waals surface area (Å²) in [6, 6.07) is 1.48. The van der Waals surface area contributed by atoms with Gasteiger partial charge in [0.05, 0.1) is 3.79 Å². The molecule has 0 aromatic carbocycles. The van der Waals surface area contributed by atoms with Gasteiger partial charge in [-0.25, -0.2) is 13.1 Å². The monoisotopic (exact) mass is 341 g/mol. The van der Waals surface area contributed by atoms with Crippen LogP contribution in [0.25, 0.3) is 0 Å². The second-order valence-electron chi connectivity index (χ2n) is 3.91. The quantitative estimate of drug-likeness (QED) is 0.833. The molecule has 0 fully saturated rings. The van der Waals surface area contributed by atoms with Crippen LogP contribution in [0.2, 0.25) is 0 Å². The van der Waals surface area contributed by atoms with Gasteiger partial charge >= 0.3 is 0 Å². The molecule has 1 atom stereocenters. The molecule has 1 aromatic heterocycles. The molecule has 1 aromatic rings. The number of hydrogen-bond donors (Lipinski definition) is 2. The van der Waals surface area contributed by atoms with Gasteiger partial charge in [0.2, 0.25) is 10.0 Å². The highest BCUT2D eigenvalue weighted by molar-refractivity contribution is 9.11. The number of aliphatic hydroxyl groups excluding tert-OH is 1. The van der Waals surface area contributed by atoms with Gasteiger partial charge in [-0.15, -0.1) is 11.3 Å². The molecular formula is C10H16BrNO3S2. The third-order valence-corrected chi connectivity index (χ3v) is 6.45. The molecule has 0 radical (unpaired) electrons. The minimum atomic E-state index is -3.43. The molecule has 0 saturated carbocycles. The Labute approximate surface area is 114 Å². The predicted octanol–water partition coefficient (Wildman–Crippen LogP) is 2.26. The minimum Gasteiger partial charge on any atom is -0.396 e. The smallest absolute Gasteiger partial charge is 0.250 e. The Kier molecular flexibility index (Phi) is 5.59. The fourth-order valence-corrected chi connectivity index (χ4v) is 4.86. The fourth-order valence-electron chi connectivity index (χ4n) is 1.34. The second-order valence-corrected chi connectivity index (χ2v) is 8.22. The molecule has 1 heterocycles. The maximum Gasteiger partial charge on any atom is 0.250 e. The van der Waals surface area contributed by atoms with E-state index < -0.39 is 10.0 Å². The van der Waals surface area contributed by atoms with E-state index in [4.69, 9.17) is 5.11 Å². The number of sulfonamides is 1. The number of nitrogens with one attached hydrogen (secondary N) is 1. The van der Waals surface area contributed by atoms with Crippen LogP contribution in [-0.2, 0) is 10.0 Å². The Balaban J connectivity index is 2.75. The molecule has 7 heteroatoms. The molecule has 17 heavy (non-hydrogen) atoms. The highest BCUT2D eigenvalue weighted by atomic mass is 79.9. The zero-order valence-corrected chi connectivity index (χ0v) is 13.0. The topological polar surface area (TPSA) is 66.4 Å². The van der Waals surface area contributed by atoms with E-state index in [2.05, 4.69) is 20.7 Å². The Bertz CT molecular complexity index is 450. The van der Waals surface area contributed by atoms with Crippen molar-refractivity contribution in [2.24, 2.45) is 0 Å². The summed E-state index contributed by atoms with van der Waals surface area (Å²) in [5.41, 5.74) is 0.915. The van der Waals surface area contributed by atoms with Crippen LogP contribution in [0.4, 0.5) is 0 Å². The lowest BCUT2D eigenvalue weighted by atomic mass is 10.2. The summed E-state index contributed by atoms with van der Waals surface area (Å²) in [5, 5.41) is 8.69. The highest BCUT2D eigenvalue weighted by Gasteiger charge is 2.20. The van der Waals surface area contributed by atoms with Gasteiger partial charge < -0.3 is 5.11 Å². The minimum absolute atomic E-state index is 0.0791. The molecule has 1 unspecified atom stereocenters. The molecule has 4 nitrogen and oxygen atoms in total. The Hall–Kier alpha value is 0.0500. The van der Waals surface area contributed by atoms with Gasteiger partial charge in [-0.05, 0) is 54.2 Å². The number of aliphatic hydroxyl groups is 1. The lowest BCUT2D eigenvalue weighted by Crippen LogP contribution is -2.32. The van der Waals surface area contributed by atoms with Crippen molar-refractivity contribution < 1.29 is 13.5 Å². The van der Waals surface area contributed by atoms with E-state index in [9.17, 15) is 8.42 Å². The Morgan fingerprint density at radius 1 is 1.59 bits per heavy atom. The summed E-state index contributed by atoms with van der Waals surface area (Å²) in [6.45, 7) is 3.73. The molecule has 0 amide bonds. The van der Waals surface area contributed by atoms with E-state index in [1.807, 2.05) is 6.92 Å². The van der Waals surface area contributed by atoms with Crippen molar-refractivity contribution in [3.05, 3.63) is 15.4 Å². The number of thiophene rings is 1. The molecule has 0 aliphatic heterocycles. The van der Waals surface area contributed by atoms with Gasteiger partial charge in [0.25, 0.3) is 0 Å². The molecule has 0 bridgehead atoms. The molecule has 98 valence electrons. The van der Waals surface area contributed by atoms with Crippen LogP contribution in [0.3, 0.4) is 0 Å². The average Bonchev–Trinajstić information content (AvgIpc) is 2.56.